The van der Waals surface area contributed by atoms with Crippen molar-refractivity contribution in [2.75, 3.05) is 7.11 Å². The van der Waals surface area contributed by atoms with Crippen LogP contribution in [0, 0.1) is 10.1 Å². The highest BCUT2D eigenvalue weighted by molar-refractivity contribution is 9.10. The standard InChI is InChI=1S/C29H21BrN4O5/c1-38-26-15-21(24(30)16-27(26)39-18-19-8-7-11-22(14-19)34(36)37)17-31-33-28(20-9-3-2-4-10-20)32-25-13-6-5-12-23(25)29(33)35/h2-17H,18H2,1H3. The first-order chi connectivity index (χ1) is 18.9. The van der Waals surface area contributed by atoms with Gasteiger partial charge < -0.3 is 9.47 Å². The molecular formula is C29H21BrN4O5. The predicted molar refractivity (Wildman–Crippen MR) is 153 cm³/mol. The number of nitrogens with zero attached hydrogens (tertiary/aromatic N) is 4. The van der Waals surface area contributed by atoms with Crippen molar-refractivity contribution in [1.82, 2.24) is 9.66 Å². The zero-order valence-corrected chi connectivity index (χ0v) is 22.2. The van der Waals surface area contributed by atoms with Crippen molar-refractivity contribution in [3.05, 3.63) is 127 Å². The summed E-state index contributed by atoms with van der Waals surface area (Å²) in [7, 11) is 1.51. The minimum atomic E-state index is -0.450. The Kier molecular flexibility index (Phi) is 7.46. The van der Waals surface area contributed by atoms with Gasteiger partial charge in [0.15, 0.2) is 17.3 Å². The van der Waals surface area contributed by atoms with Crippen LogP contribution in [-0.2, 0) is 6.61 Å². The second-order valence-corrected chi connectivity index (χ2v) is 9.27. The second-order valence-electron chi connectivity index (χ2n) is 8.42. The van der Waals surface area contributed by atoms with Crippen LogP contribution < -0.4 is 15.0 Å². The number of ether oxygens (including phenoxy) is 2. The third kappa shape index (κ3) is 5.55. The lowest BCUT2D eigenvalue weighted by Gasteiger charge is -2.13. The molecule has 0 bridgehead atoms. The minimum absolute atomic E-state index is 0.0101. The van der Waals surface area contributed by atoms with Crippen molar-refractivity contribution in [3.8, 4) is 22.9 Å². The quantitative estimate of drug-likeness (QED) is 0.122. The first-order valence-electron chi connectivity index (χ1n) is 11.8. The lowest BCUT2D eigenvalue weighted by Crippen LogP contribution is -2.20. The van der Waals surface area contributed by atoms with Crippen molar-refractivity contribution in [2.45, 2.75) is 6.61 Å². The molecule has 0 unspecified atom stereocenters. The van der Waals surface area contributed by atoms with E-state index in [1.54, 1.807) is 48.7 Å². The van der Waals surface area contributed by atoms with Crippen LogP contribution in [0.5, 0.6) is 11.5 Å². The highest BCUT2D eigenvalue weighted by Gasteiger charge is 2.14. The number of aromatic nitrogens is 2. The molecular weight excluding hydrogens is 564 g/mol. The van der Waals surface area contributed by atoms with Gasteiger partial charge in [-0.15, -0.1) is 0 Å². The lowest BCUT2D eigenvalue weighted by atomic mass is 10.2. The number of fused-ring (bicyclic) bond motifs is 1. The normalized spacial score (nSPS) is 11.1. The molecule has 0 amide bonds. The second kappa shape index (κ2) is 11.3. The molecule has 0 N–H and O–H groups in total. The van der Waals surface area contributed by atoms with Gasteiger partial charge >= 0.3 is 0 Å². The van der Waals surface area contributed by atoms with E-state index in [4.69, 9.17) is 14.5 Å². The Bertz CT molecular complexity index is 1770. The number of halogens is 1. The van der Waals surface area contributed by atoms with Gasteiger partial charge in [0.1, 0.15) is 6.61 Å². The summed E-state index contributed by atoms with van der Waals surface area (Å²) < 4.78 is 13.3. The van der Waals surface area contributed by atoms with Crippen LogP contribution in [0.2, 0.25) is 0 Å². The number of hydrogen-bond acceptors (Lipinski definition) is 7. The molecule has 9 nitrogen and oxygen atoms in total. The maximum Gasteiger partial charge on any atom is 0.282 e. The average molecular weight is 585 g/mol. The fraction of sp³-hybridized carbons (Fsp3) is 0.0690. The van der Waals surface area contributed by atoms with E-state index in [1.165, 1.54) is 23.9 Å². The number of nitro groups is 1. The van der Waals surface area contributed by atoms with Crippen molar-refractivity contribution in [2.24, 2.45) is 5.10 Å². The van der Waals surface area contributed by atoms with Crippen molar-refractivity contribution < 1.29 is 14.4 Å². The van der Waals surface area contributed by atoms with E-state index in [0.29, 0.717) is 43.8 Å². The third-order valence-corrected chi connectivity index (χ3v) is 6.58. The van der Waals surface area contributed by atoms with Gasteiger partial charge in [0.25, 0.3) is 11.2 Å². The molecule has 0 aliphatic carbocycles. The van der Waals surface area contributed by atoms with Gasteiger partial charge in [-0.05, 0) is 45.8 Å². The Labute approximate surface area is 231 Å². The number of para-hydroxylation sites is 1. The van der Waals surface area contributed by atoms with Crippen molar-refractivity contribution in [3.63, 3.8) is 0 Å². The van der Waals surface area contributed by atoms with Gasteiger partial charge in [-0.3, -0.25) is 14.9 Å². The van der Waals surface area contributed by atoms with Crippen LogP contribution in [0.15, 0.2) is 105 Å². The Hall–Kier alpha value is -4.83. The average Bonchev–Trinajstić information content (AvgIpc) is 2.96. The Morgan fingerprint density at radius 3 is 2.54 bits per heavy atom. The summed E-state index contributed by atoms with van der Waals surface area (Å²) >= 11 is 3.54. The molecule has 1 aromatic heterocycles. The maximum atomic E-state index is 13.4. The Morgan fingerprint density at radius 1 is 1.00 bits per heavy atom. The number of hydrogen-bond donors (Lipinski definition) is 0. The van der Waals surface area contributed by atoms with Crippen LogP contribution in [0.25, 0.3) is 22.3 Å². The van der Waals surface area contributed by atoms with Gasteiger partial charge in [-0.1, -0.05) is 54.6 Å². The number of nitro benzene ring substituents is 1. The number of rotatable bonds is 8. The van der Waals surface area contributed by atoms with Gasteiger partial charge in [-0.2, -0.15) is 9.78 Å². The maximum absolute atomic E-state index is 13.4. The monoisotopic (exact) mass is 584 g/mol. The van der Waals surface area contributed by atoms with E-state index >= 15 is 0 Å². The Morgan fingerprint density at radius 2 is 1.77 bits per heavy atom. The zero-order valence-electron chi connectivity index (χ0n) is 20.7. The van der Waals surface area contributed by atoms with E-state index in [9.17, 15) is 14.9 Å². The fourth-order valence-electron chi connectivity index (χ4n) is 3.97. The Balaban J connectivity index is 1.49. The number of methoxy groups -OCH3 is 1. The molecule has 0 saturated carbocycles. The highest BCUT2D eigenvalue weighted by Crippen LogP contribution is 2.34. The molecule has 194 valence electrons. The van der Waals surface area contributed by atoms with Crippen LogP contribution in [0.3, 0.4) is 0 Å². The van der Waals surface area contributed by atoms with E-state index in [2.05, 4.69) is 21.0 Å². The van der Waals surface area contributed by atoms with Gasteiger partial charge in [-0.25, -0.2) is 4.98 Å². The molecule has 0 saturated heterocycles. The predicted octanol–water partition coefficient (Wildman–Crippen LogP) is 6.20. The molecule has 10 heteroatoms. The summed E-state index contributed by atoms with van der Waals surface area (Å²) in [6.45, 7) is 0.108. The van der Waals surface area contributed by atoms with Gasteiger partial charge in [0, 0.05) is 27.7 Å². The highest BCUT2D eigenvalue weighted by atomic mass is 79.9. The summed E-state index contributed by atoms with van der Waals surface area (Å²) in [6, 6.07) is 26.2. The third-order valence-electron chi connectivity index (χ3n) is 5.90. The molecule has 0 aliphatic rings. The van der Waals surface area contributed by atoms with Crippen LogP contribution in [0.1, 0.15) is 11.1 Å². The molecule has 5 aromatic rings. The smallest absolute Gasteiger partial charge is 0.282 e. The van der Waals surface area contributed by atoms with E-state index in [1.807, 2.05) is 36.4 Å². The molecule has 0 spiro atoms. The van der Waals surface area contributed by atoms with E-state index in [-0.39, 0.29) is 17.9 Å². The van der Waals surface area contributed by atoms with Gasteiger partial charge in [0.2, 0.25) is 0 Å². The molecule has 0 fully saturated rings. The molecule has 1 heterocycles. The summed E-state index contributed by atoms with van der Waals surface area (Å²) in [5, 5.41) is 16.0. The van der Waals surface area contributed by atoms with Crippen LogP contribution in [-0.4, -0.2) is 27.9 Å². The molecule has 39 heavy (non-hydrogen) atoms. The number of benzene rings is 4. The van der Waals surface area contributed by atoms with Crippen molar-refractivity contribution >= 4 is 38.7 Å². The molecule has 0 radical (unpaired) electrons. The zero-order chi connectivity index (χ0) is 27.4. The van der Waals surface area contributed by atoms with Crippen molar-refractivity contribution in [1.29, 1.82) is 0 Å². The minimum Gasteiger partial charge on any atom is -0.493 e. The lowest BCUT2D eigenvalue weighted by molar-refractivity contribution is -0.384. The largest absolute Gasteiger partial charge is 0.493 e. The molecule has 0 aliphatic heterocycles. The fourth-order valence-corrected chi connectivity index (χ4v) is 4.39. The first-order valence-corrected chi connectivity index (χ1v) is 12.6. The summed E-state index contributed by atoms with van der Waals surface area (Å²) in [4.78, 5) is 28.7. The molecule has 0 atom stereocenters. The topological polar surface area (TPSA) is 109 Å². The van der Waals surface area contributed by atoms with Gasteiger partial charge in [0.05, 0.1) is 29.2 Å². The van der Waals surface area contributed by atoms with Crippen LogP contribution >= 0.6 is 15.9 Å². The molecule has 5 rings (SSSR count). The van der Waals surface area contributed by atoms with Crippen LogP contribution in [0.4, 0.5) is 5.69 Å². The van der Waals surface area contributed by atoms with E-state index in [0.717, 1.165) is 5.56 Å². The summed E-state index contributed by atoms with van der Waals surface area (Å²) in [6.07, 6.45) is 1.54. The summed E-state index contributed by atoms with van der Waals surface area (Å²) in [5.41, 5.74) is 2.30. The van der Waals surface area contributed by atoms with E-state index < -0.39 is 4.92 Å². The number of non-ortho nitro benzene ring substituents is 1. The summed E-state index contributed by atoms with van der Waals surface area (Å²) in [5.74, 6) is 1.27. The SMILES string of the molecule is COc1cc(C=Nn2c(-c3ccccc3)nc3ccccc3c2=O)c(Br)cc1OCc1cccc([N+](=O)[O-])c1. The molecule has 4 aromatic carbocycles. The first kappa shape index (κ1) is 25.8.